The van der Waals surface area contributed by atoms with Gasteiger partial charge in [0.2, 0.25) is 5.91 Å². The van der Waals surface area contributed by atoms with Crippen LogP contribution in [0.15, 0.2) is 35.4 Å². The Balaban J connectivity index is 2.56. The molecule has 1 aromatic rings. The van der Waals surface area contributed by atoms with Crippen molar-refractivity contribution >= 4 is 28.9 Å². The summed E-state index contributed by atoms with van der Waals surface area (Å²) >= 11 is 5.12. The third-order valence-corrected chi connectivity index (χ3v) is 2.05. The molecular formula is C11H13N3OS. The van der Waals surface area contributed by atoms with E-state index in [1.54, 1.807) is 6.92 Å². The maximum atomic E-state index is 10.7. The van der Waals surface area contributed by atoms with Crippen molar-refractivity contribution in [1.29, 1.82) is 0 Å². The van der Waals surface area contributed by atoms with Crippen LogP contribution in [0, 0.1) is 0 Å². The molecule has 0 atom stereocenters. The highest BCUT2D eigenvalue weighted by Crippen LogP contribution is 1.98. The molecule has 0 saturated carbocycles. The molecule has 0 aliphatic heterocycles. The highest BCUT2D eigenvalue weighted by Gasteiger charge is 1.98. The Kier molecular flexibility index (Phi) is 4.60. The maximum Gasteiger partial charge on any atom is 0.222 e. The standard InChI is InChI=1S/C11H13N3OS/c1-8(12-9(2)15)13-14-11(16)10-6-4-3-5-7-10/h3-7H,1-2H3,(H,14,16)(H,12,13,15). The van der Waals surface area contributed by atoms with Gasteiger partial charge in [-0.25, -0.2) is 0 Å². The van der Waals surface area contributed by atoms with Gasteiger partial charge in [0.25, 0.3) is 0 Å². The third-order valence-electron chi connectivity index (χ3n) is 1.72. The molecule has 16 heavy (non-hydrogen) atoms. The summed E-state index contributed by atoms with van der Waals surface area (Å²) in [7, 11) is 0. The predicted octanol–water partition coefficient (Wildman–Crippen LogP) is 1.42. The topological polar surface area (TPSA) is 53.5 Å². The number of nitrogens with one attached hydrogen (secondary N) is 2. The Morgan fingerprint density at radius 3 is 2.44 bits per heavy atom. The second-order valence-corrected chi connectivity index (χ2v) is 3.59. The second kappa shape index (κ2) is 5.97. The number of hydrogen-bond donors (Lipinski definition) is 2. The van der Waals surface area contributed by atoms with Crippen LogP contribution in [-0.4, -0.2) is 16.7 Å². The van der Waals surface area contributed by atoms with Crippen molar-refractivity contribution in [3.63, 3.8) is 0 Å². The summed E-state index contributed by atoms with van der Waals surface area (Å²) in [6.07, 6.45) is 0. The van der Waals surface area contributed by atoms with Gasteiger partial charge >= 0.3 is 0 Å². The normalized spacial score (nSPS) is 10.8. The zero-order valence-corrected chi connectivity index (χ0v) is 9.97. The lowest BCUT2D eigenvalue weighted by molar-refractivity contribution is -0.117. The zero-order valence-electron chi connectivity index (χ0n) is 9.15. The first-order valence-corrected chi connectivity index (χ1v) is 5.17. The Hall–Kier alpha value is -1.75. The fourth-order valence-corrected chi connectivity index (χ4v) is 1.25. The summed E-state index contributed by atoms with van der Waals surface area (Å²) in [6.45, 7) is 3.11. The highest BCUT2D eigenvalue weighted by atomic mass is 32.1. The van der Waals surface area contributed by atoms with E-state index < -0.39 is 0 Å². The molecule has 84 valence electrons. The number of rotatable bonds is 2. The van der Waals surface area contributed by atoms with Crippen LogP contribution in [0.1, 0.15) is 19.4 Å². The van der Waals surface area contributed by atoms with Crippen LogP contribution in [0.5, 0.6) is 0 Å². The lowest BCUT2D eigenvalue weighted by atomic mass is 10.2. The molecule has 0 saturated heterocycles. The van der Waals surface area contributed by atoms with Gasteiger partial charge in [-0.2, -0.15) is 5.10 Å². The minimum atomic E-state index is -0.159. The van der Waals surface area contributed by atoms with Gasteiger partial charge in [-0.05, 0) is 6.92 Å². The molecule has 0 fully saturated rings. The van der Waals surface area contributed by atoms with Crippen LogP contribution in [-0.2, 0) is 4.79 Å². The summed E-state index contributed by atoms with van der Waals surface area (Å²) in [5.74, 6) is 0.319. The Labute approximate surface area is 99.7 Å². The molecule has 1 rings (SSSR count). The number of thiocarbonyl (C=S) groups is 1. The molecule has 0 radical (unpaired) electrons. The predicted molar refractivity (Wildman–Crippen MR) is 68.2 cm³/mol. The average Bonchev–Trinajstić information content (AvgIpc) is 2.26. The highest BCUT2D eigenvalue weighted by molar-refractivity contribution is 7.80. The monoisotopic (exact) mass is 235 g/mol. The smallest absolute Gasteiger partial charge is 0.222 e. The van der Waals surface area contributed by atoms with Gasteiger partial charge in [0, 0.05) is 12.5 Å². The van der Waals surface area contributed by atoms with Gasteiger partial charge < -0.3 is 5.32 Å². The molecule has 0 aliphatic carbocycles. The number of carbonyl (C=O) groups excluding carboxylic acids is 1. The number of hydrogen-bond acceptors (Lipinski definition) is 3. The minimum Gasteiger partial charge on any atom is -0.313 e. The van der Waals surface area contributed by atoms with Gasteiger partial charge in [-0.3, -0.25) is 10.2 Å². The lowest BCUT2D eigenvalue weighted by Crippen LogP contribution is -2.29. The quantitative estimate of drug-likeness (QED) is 0.353. The first-order chi connectivity index (χ1) is 7.59. The molecule has 2 N–H and O–H groups in total. The van der Waals surface area contributed by atoms with E-state index in [0.717, 1.165) is 5.56 Å². The summed E-state index contributed by atoms with van der Waals surface area (Å²) in [6, 6.07) is 9.48. The number of amidine groups is 1. The van der Waals surface area contributed by atoms with E-state index in [2.05, 4.69) is 15.8 Å². The van der Waals surface area contributed by atoms with Gasteiger partial charge in [-0.1, -0.05) is 42.5 Å². The van der Waals surface area contributed by atoms with E-state index in [9.17, 15) is 4.79 Å². The van der Waals surface area contributed by atoms with E-state index in [0.29, 0.717) is 10.8 Å². The fourth-order valence-electron chi connectivity index (χ4n) is 1.07. The SMILES string of the molecule is CC(=O)NC(C)=NNC(=S)c1ccccc1. The zero-order chi connectivity index (χ0) is 12.0. The largest absolute Gasteiger partial charge is 0.313 e. The molecule has 0 unspecified atom stereocenters. The molecular weight excluding hydrogens is 222 g/mol. The molecule has 0 heterocycles. The molecule has 5 heteroatoms. The van der Waals surface area contributed by atoms with E-state index in [4.69, 9.17) is 12.2 Å². The van der Waals surface area contributed by atoms with Gasteiger partial charge in [-0.15, -0.1) is 0 Å². The van der Waals surface area contributed by atoms with E-state index in [-0.39, 0.29) is 5.91 Å². The lowest BCUT2D eigenvalue weighted by Gasteiger charge is -2.04. The molecule has 0 aliphatic rings. The number of amides is 1. The molecule has 1 amide bonds. The Morgan fingerprint density at radius 2 is 1.88 bits per heavy atom. The summed E-state index contributed by atoms with van der Waals surface area (Å²) in [5.41, 5.74) is 3.59. The summed E-state index contributed by atoms with van der Waals surface area (Å²) in [5, 5.41) is 6.47. The van der Waals surface area contributed by atoms with Crippen molar-refractivity contribution in [3.8, 4) is 0 Å². The van der Waals surface area contributed by atoms with Crippen LogP contribution < -0.4 is 10.7 Å². The number of nitrogens with zero attached hydrogens (tertiary/aromatic N) is 1. The number of benzene rings is 1. The van der Waals surface area contributed by atoms with Crippen molar-refractivity contribution in [1.82, 2.24) is 10.7 Å². The number of carbonyl (C=O) groups is 1. The Morgan fingerprint density at radius 1 is 1.25 bits per heavy atom. The maximum absolute atomic E-state index is 10.7. The third kappa shape index (κ3) is 4.18. The molecule has 4 nitrogen and oxygen atoms in total. The second-order valence-electron chi connectivity index (χ2n) is 3.19. The van der Waals surface area contributed by atoms with Gasteiger partial charge in [0.1, 0.15) is 10.8 Å². The van der Waals surface area contributed by atoms with Crippen LogP contribution in [0.4, 0.5) is 0 Å². The van der Waals surface area contributed by atoms with Crippen LogP contribution in [0.2, 0.25) is 0 Å². The molecule has 0 aromatic heterocycles. The van der Waals surface area contributed by atoms with E-state index in [1.165, 1.54) is 6.92 Å². The average molecular weight is 235 g/mol. The van der Waals surface area contributed by atoms with Crippen LogP contribution in [0.25, 0.3) is 0 Å². The molecule has 0 spiro atoms. The van der Waals surface area contributed by atoms with Crippen molar-refractivity contribution < 1.29 is 4.79 Å². The fraction of sp³-hybridized carbons (Fsp3) is 0.182. The van der Waals surface area contributed by atoms with Crippen LogP contribution >= 0.6 is 12.2 Å². The van der Waals surface area contributed by atoms with Gasteiger partial charge in [0.05, 0.1) is 0 Å². The van der Waals surface area contributed by atoms with Crippen molar-refractivity contribution in [2.75, 3.05) is 0 Å². The Bertz CT molecular complexity index is 414. The first-order valence-electron chi connectivity index (χ1n) is 4.77. The molecule has 1 aromatic carbocycles. The van der Waals surface area contributed by atoms with Gasteiger partial charge in [0.15, 0.2) is 0 Å². The minimum absolute atomic E-state index is 0.159. The van der Waals surface area contributed by atoms with Crippen molar-refractivity contribution in [2.45, 2.75) is 13.8 Å². The van der Waals surface area contributed by atoms with E-state index >= 15 is 0 Å². The number of hydrazone groups is 1. The van der Waals surface area contributed by atoms with E-state index in [1.807, 2.05) is 30.3 Å². The first kappa shape index (κ1) is 12.3. The summed E-state index contributed by atoms with van der Waals surface area (Å²) in [4.78, 5) is 11.2. The van der Waals surface area contributed by atoms with Crippen molar-refractivity contribution in [3.05, 3.63) is 35.9 Å². The summed E-state index contributed by atoms with van der Waals surface area (Å²) < 4.78 is 0. The van der Waals surface area contributed by atoms with Crippen LogP contribution in [0.3, 0.4) is 0 Å². The van der Waals surface area contributed by atoms with Crippen molar-refractivity contribution in [2.24, 2.45) is 5.10 Å². The molecule has 0 bridgehead atoms.